The van der Waals surface area contributed by atoms with Gasteiger partial charge in [0.25, 0.3) is 0 Å². The first-order valence-electron chi connectivity index (χ1n) is 3.51. The number of Topliss-reactive ketones (excluding diaryl/α,β-unsaturated/α-hetero) is 1. The summed E-state index contributed by atoms with van der Waals surface area (Å²) in [7, 11) is 0. The third kappa shape index (κ3) is 1.66. The molecule has 0 saturated heterocycles. The van der Waals surface area contributed by atoms with Crippen molar-refractivity contribution < 1.29 is 9.59 Å². The maximum atomic E-state index is 11.2. The highest BCUT2D eigenvalue weighted by Crippen LogP contribution is 2.26. The fourth-order valence-electron chi connectivity index (χ4n) is 0.953. The molecule has 12 heavy (non-hydrogen) atoms. The molecule has 0 aromatic rings. The number of carbonyl (C=O) groups excluding carboxylic acids is 2. The number of thioether (sulfide) groups is 1. The zero-order valence-corrected chi connectivity index (χ0v) is 7.77. The van der Waals surface area contributed by atoms with Crippen LogP contribution in [0.5, 0.6) is 0 Å². The van der Waals surface area contributed by atoms with Gasteiger partial charge in [-0.25, -0.2) is 0 Å². The minimum absolute atomic E-state index is 0.0936. The Morgan fingerprint density at radius 3 is 2.58 bits per heavy atom. The Hall–Kier alpha value is -0.840. The highest BCUT2D eigenvalue weighted by Gasteiger charge is 2.37. The number of nitrogens with one attached hydrogen (secondary N) is 1. The summed E-state index contributed by atoms with van der Waals surface area (Å²) in [5, 5.41) is 2.58. The quantitative estimate of drug-likeness (QED) is 0.669. The van der Waals surface area contributed by atoms with Gasteiger partial charge in [-0.1, -0.05) is 11.8 Å². The molecule has 1 amide bonds. The van der Waals surface area contributed by atoms with Crippen LogP contribution in [0.25, 0.3) is 0 Å². The van der Waals surface area contributed by atoms with Gasteiger partial charge >= 0.3 is 0 Å². The second-order valence-corrected chi connectivity index (χ2v) is 3.75. The van der Waals surface area contributed by atoms with Gasteiger partial charge in [-0.2, -0.15) is 0 Å². The van der Waals surface area contributed by atoms with Gasteiger partial charge in [0, 0.05) is 13.1 Å². The zero-order chi connectivity index (χ0) is 9.19. The number of nitrogens with zero attached hydrogens (tertiary/aromatic N) is 1. The highest BCUT2D eigenvalue weighted by atomic mass is 32.2. The summed E-state index contributed by atoms with van der Waals surface area (Å²) in [4.78, 5) is 25.0. The molecule has 0 saturated carbocycles. The minimum atomic E-state index is -0.897. The molecule has 1 N–H and O–H groups in total. The van der Waals surface area contributed by atoms with Gasteiger partial charge in [0.2, 0.25) is 5.91 Å². The molecule has 5 heteroatoms. The van der Waals surface area contributed by atoms with Crippen LogP contribution < -0.4 is 5.32 Å². The van der Waals surface area contributed by atoms with Crippen LogP contribution in [0, 0.1) is 0 Å². The van der Waals surface area contributed by atoms with E-state index in [1.807, 2.05) is 0 Å². The third-order valence-electron chi connectivity index (χ3n) is 1.52. The molecule has 1 aliphatic rings. The molecule has 0 fully saturated rings. The van der Waals surface area contributed by atoms with Crippen LogP contribution in [0.4, 0.5) is 0 Å². The maximum absolute atomic E-state index is 11.2. The lowest BCUT2D eigenvalue weighted by Gasteiger charge is -2.22. The molecule has 1 unspecified atom stereocenters. The average Bonchev–Trinajstić information content (AvgIpc) is 2.35. The van der Waals surface area contributed by atoms with Crippen molar-refractivity contribution >= 4 is 29.7 Å². The molecule has 1 rings (SSSR count). The van der Waals surface area contributed by atoms with E-state index in [0.717, 1.165) is 0 Å². The molecular formula is C7H10N2O2S. The Kier molecular flexibility index (Phi) is 2.52. The topological polar surface area (TPSA) is 58.5 Å². The van der Waals surface area contributed by atoms with Gasteiger partial charge < -0.3 is 5.32 Å². The molecule has 1 heterocycles. The second kappa shape index (κ2) is 3.26. The van der Waals surface area contributed by atoms with E-state index >= 15 is 0 Å². The molecule has 0 radical (unpaired) electrons. The lowest BCUT2D eigenvalue weighted by Crippen LogP contribution is -2.50. The van der Waals surface area contributed by atoms with Crippen LogP contribution in [0.2, 0.25) is 0 Å². The van der Waals surface area contributed by atoms with E-state index in [-0.39, 0.29) is 11.7 Å². The Morgan fingerprint density at radius 2 is 2.25 bits per heavy atom. The van der Waals surface area contributed by atoms with E-state index in [0.29, 0.717) is 5.88 Å². The van der Waals surface area contributed by atoms with Gasteiger partial charge in [0.1, 0.15) is 0 Å². The van der Waals surface area contributed by atoms with Gasteiger partial charge in [0.05, 0.1) is 5.88 Å². The van der Waals surface area contributed by atoms with Crippen molar-refractivity contribution in [1.29, 1.82) is 0 Å². The summed E-state index contributed by atoms with van der Waals surface area (Å²) >= 11 is 1.32. The smallest absolute Gasteiger partial charge is 0.218 e. The fraction of sp³-hybridized carbons (Fsp3) is 0.571. The van der Waals surface area contributed by atoms with Gasteiger partial charge in [-0.3, -0.25) is 14.6 Å². The Balaban J connectivity index is 2.80. The summed E-state index contributed by atoms with van der Waals surface area (Å²) in [6.07, 6.45) is 1.50. The number of hydrogen-bond donors (Lipinski definition) is 1. The molecule has 0 aromatic heterocycles. The van der Waals surface area contributed by atoms with Crippen LogP contribution in [0.1, 0.15) is 13.8 Å². The van der Waals surface area contributed by atoms with Crippen molar-refractivity contribution in [3.8, 4) is 0 Å². The molecule has 0 aromatic carbocycles. The number of aliphatic imine (C=N–C) groups is 1. The Morgan fingerprint density at radius 1 is 1.58 bits per heavy atom. The van der Waals surface area contributed by atoms with Crippen molar-refractivity contribution in [3.05, 3.63) is 0 Å². The summed E-state index contributed by atoms with van der Waals surface area (Å²) in [5.74, 6) is 0.217. The van der Waals surface area contributed by atoms with Crippen molar-refractivity contribution in [1.82, 2.24) is 5.32 Å². The SMILES string of the molecule is CC(=O)NC1(C(C)=O)C=NCS1. The maximum Gasteiger partial charge on any atom is 0.218 e. The van der Waals surface area contributed by atoms with E-state index in [9.17, 15) is 9.59 Å². The van der Waals surface area contributed by atoms with Crippen LogP contribution in [0.15, 0.2) is 4.99 Å². The lowest BCUT2D eigenvalue weighted by atomic mass is 10.2. The van der Waals surface area contributed by atoms with Crippen LogP contribution in [-0.4, -0.2) is 28.7 Å². The van der Waals surface area contributed by atoms with E-state index in [1.54, 1.807) is 0 Å². The second-order valence-electron chi connectivity index (χ2n) is 2.56. The van der Waals surface area contributed by atoms with Gasteiger partial charge in [0.15, 0.2) is 10.7 Å². The number of hydrogen-bond acceptors (Lipinski definition) is 4. The normalized spacial score (nSPS) is 27.2. The number of carbonyl (C=O) groups is 2. The molecular weight excluding hydrogens is 176 g/mol. The minimum Gasteiger partial charge on any atom is -0.331 e. The third-order valence-corrected chi connectivity index (χ3v) is 2.75. The van der Waals surface area contributed by atoms with Crippen molar-refractivity contribution in [2.75, 3.05) is 5.88 Å². The van der Waals surface area contributed by atoms with Crippen LogP contribution in [0.3, 0.4) is 0 Å². The largest absolute Gasteiger partial charge is 0.331 e. The van der Waals surface area contributed by atoms with Crippen molar-refractivity contribution in [3.63, 3.8) is 0 Å². The molecule has 1 atom stereocenters. The predicted octanol–water partition coefficient (Wildman–Crippen LogP) is 0.183. The molecule has 1 aliphatic heterocycles. The van der Waals surface area contributed by atoms with Crippen molar-refractivity contribution in [2.45, 2.75) is 18.7 Å². The first-order valence-corrected chi connectivity index (χ1v) is 4.50. The zero-order valence-electron chi connectivity index (χ0n) is 6.96. The van der Waals surface area contributed by atoms with E-state index in [1.165, 1.54) is 31.8 Å². The summed E-state index contributed by atoms with van der Waals surface area (Å²) < 4.78 is 0. The number of rotatable bonds is 2. The highest BCUT2D eigenvalue weighted by molar-refractivity contribution is 8.02. The van der Waals surface area contributed by atoms with E-state index in [4.69, 9.17) is 0 Å². The van der Waals surface area contributed by atoms with Crippen LogP contribution in [-0.2, 0) is 9.59 Å². The number of amides is 1. The Bertz CT molecular complexity index is 252. The molecule has 66 valence electrons. The first kappa shape index (κ1) is 9.25. The van der Waals surface area contributed by atoms with Gasteiger partial charge in [-0.15, -0.1) is 0 Å². The summed E-state index contributed by atoms with van der Waals surface area (Å²) in [6.45, 7) is 2.83. The lowest BCUT2D eigenvalue weighted by molar-refractivity contribution is -0.124. The molecule has 0 aliphatic carbocycles. The molecule has 0 bridgehead atoms. The standard InChI is InChI=1S/C7H10N2O2S/c1-5(10)7(9-6(2)11)3-8-4-12-7/h3H,4H2,1-2H3,(H,9,11). The molecule has 4 nitrogen and oxygen atoms in total. The summed E-state index contributed by atoms with van der Waals surface area (Å²) in [6, 6.07) is 0. The van der Waals surface area contributed by atoms with E-state index in [2.05, 4.69) is 10.3 Å². The van der Waals surface area contributed by atoms with Crippen LogP contribution >= 0.6 is 11.8 Å². The Labute approximate surface area is 74.8 Å². The predicted molar refractivity (Wildman–Crippen MR) is 48.2 cm³/mol. The average molecular weight is 186 g/mol. The number of ketones is 1. The van der Waals surface area contributed by atoms with Gasteiger partial charge in [-0.05, 0) is 6.92 Å². The van der Waals surface area contributed by atoms with E-state index < -0.39 is 4.87 Å². The first-order chi connectivity index (χ1) is 5.57. The summed E-state index contributed by atoms with van der Waals surface area (Å²) in [5.41, 5.74) is 0. The monoisotopic (exact) mass is 186 g/mol. The van der Waals surface area contributed by atoms with Crippen molar-refractivity contribution in [2.24, 2.45) is 4.99 Å². The molecule has 0 spiro atoms. The fourth-order valence-corrected chi connectivity index (χ4v) is 1.87.